The number of halogens is 2. The zero-order valence-electron chi connectivity index (χ0n) is 10.3. The molecule has 0 spiro atoms. The minimum absolute atomic E-state index is 0.0636. The van der Waals surface area contributed by atoms with Crippen molar-refractivity contribution in [3.05, 3.63) is 26.6 Å². The maximum Gasteiger partial charge on any atom is 0.0540 e. The molecule has 18 heavy (non-hydrogen) atoms. The second-order valence-corrected chi connectivity index (χ2v) is 6.94. The Morgan fingerprint density at radius 1 is 1.17 bits per heavy atom. The molecule has 0 aliphatic heterocycles. The van der Waals surface area contributed by atoms with Gasteiger partial charge in [-0.05, 0) is 78.1 Å². The standard InChI is InChI=1S/C14H19Br2NO/c15-11-7-10(14(17)13(16)8-11)4-1-9-2-5-12(18)6-3-9/h7-9,12,18H,1-6,17H2. The van der Waals surface area contributed by atoms with Crippen molar-refractivity contribution in [2.24, 2.45) is 5.92 Å². The number of nitrogen functional groups attached to an aromatic ring is 1. The van der Waals surface area contributed by atoms with Crippen LogP contribution >= 0.6 is 31.9 Å². The van der Waals surface area contributed by atoms with Gasteiger partial charge < -0.3 is 10.8 Å². The van der Waals surface area contributed by atoms with Crippen molar-refractivity contribution in [1.29, 1.82) is 0 Å². The van der Waals surface area contributed by atoms with Gasteiger partial charge in [-0.25, -0.2) is 0 Å². The maximum absolute atomic E-state index is 9.50. The Morgan fingerprint density at radius 2 is 1.83 bits per heavy atom. The van der Waals surface area contributed by atoms with Crippen LogP contribution in [0.2, 0.25) is 0 Å². The highest BCUT2D eigenvalue weighted by Crippen LogP contribution is 2.32. The van der Waals surface area contributed by atoms with E-state index in [4.69, 9.17) is 5.73 Å². The summed E-state index contributed by atoms with van der Waals surface area (Å²) < 4.78 is 2.03. The molecule has 0 aromatic heterocycles. The van der Waals surface area contributed by atoms with Crippen molar-refractivity contribution in [2.75, 3.05) is 5.73 Å². The lowest BCUT2D eigenvalue weighted by atomic mass is 9.84. The van der Waals surface area contributed by atoms with E-state index in [2.05, 4.69) is 37.9 Å². The SMILES string of the molecule is Nc1c(Br)cc(Br)cc1CCC1CCC(O)CC1. The van der Waals surface area contributed by atoms with Gasteiger partial charge in [-0.3, -0.25) is 0 Å². The van der Waals surface area contributed by atoms with E-state index < -0.39 is 0 Å². The van der Waals surface area contributed by atoms with E-state index in [9.17, 15) is 5.11 Å². The lowest BCUT2D eigenvalue weighted by Crippen LogP contribution is -2.18. The number of aryl methyl sites for hydroxylation is 1. The van der Waals surface area contributed by atoms with E-state index in [1.165, 1.54) is 12.0 Å². The zero-order chi connectivity index (χ0) is 13.1. The number of rotatable bonds is 3. The summed E-state index contributed by atoms with van der Waals surface area (Å²) in [7, 11) is 0. The number of aliphatic hydroxyl groups excluding tert-OH is 1. The molecule has 0 saturated heterocycles. The fourth-order valence-electron chi connectivity index (χ4n) is 2.64. The molecule has 4 heteroatoms. The molecule has 1 aromatic rings. The molecular formula is C14H19Br2NO. The van der Waals surface area contributed by atoms with E-state index in [0.717, 1.165) is 52.7 Å². The Kier molecular flexibility index (Phi) is 5.10. The van der Waals surface area contributed by atoms with Crippen LogP contribution in [0.1, 0.15) is 37.7 Å². The average Bonchev–Trinajstić information content (AvgIpc) is 2.34. The summed E-state index contributed by atoms with van der Waals surface area (Å²) in [6.45, 7) is 0. The predicted molar refractivity (Wildman–Crippen MR) is 82.5 cm³/mol. The molecule has 1 fully saturated rings. The molecule has 100 valence electrons. The van der Waals surface area contributed by atoms with Gasteiger partial charge in [-0.1, -0.05) is 15.9 Å². The molecule has 0 radical (unpaired) electrons. The zero-order valence-corrected chi connectivity index (χ0v) is 13.5. The largest absolute Gasteiger partial charge is 0.398 e. The summed E-state index contributed by atoms with van der Waals surface area (Å²) in [5.41, 5.74) is 8.15. The summed E-state index contributed by atoms with van der Waals surface area (Å²) in [6, 6.07) is 4.09. The van der Waals surface area contributed by atoms with Gasteiger partial charge in [0.2, 0.25) is 0 Å². The third-order valence-corrected chi connectivity index (χ3v) is 4.93. The normalized spacial score (nSPS) is 24.2. The molecule has 0 amide bonds. The van der Waals surface area contributed by atoms with Crippen LogP contribution in [0.3, 0.4) is 0 Å². The van der Waals surface area contributed by atoms with E-state index in [0.29, 0.717) is 0 Å². The molecule has 2 rings (SSSR count). The molecule has 0 bridgehead atoms. The first-order chi connectivity index (χ1) is 8.56. The number of nitrogens with two attached hydrogens (primary N) is 1. The Morgan fingerprint density at radius 3 is 2.50 bits per heavy atom. The van der Waals surface area contributed by atoms with E-state index in [1.807, 2.05) is 6.07 Å². The van der Waals surface area contributed by atoms with Crippen LogP contribution in [0.25, 0.3) is 0 Å². The molecule has 1 saturated carbocycles. The van der Waals surface area contributed by atoms with Crippen molar-refractivity contribution in [3.8, 4) is 0 Å². The van der Waals surface area contributed by atoms with Gasteiger partial charge >= 0.3 is 0 Å². The highest BCUT2D eigenvalue weighted by atomic mass is 79.9. The van der Waals surface area contributed by atoms with Crippen molar-refractivity contribution >= 4 is 37.5 Å². The third-order valence-electron chi connectivity index (χ3n) is 3.82. The molecule has 0 atom stereocenters. The van der Waals surface area contributed by atoms with Gasteiger partial charge in [-0.2, -0.15) is 0 Å². The van der Waals surface area contributed by atoms with Gasteiger partial charge in [0.15, 0.2) is 0 Å². The molecule has 3 N–H and O–H groups in total. The molecule has 0 heterocycles. The summed E-state index contributed by atoms with van der Waals surface area (Å²) in [6.07, 6.45) is 6.34. The lowest BCUT2D eigenvalue weighted by Gasteiger charge is -2.25. The first-order valence-electron chi connectivity index (χ1n) is 6.47. The van der Waals surface area contributed by atoms with Crippen molar-refractivity contribution < 1.29 is 5.11 Å². The van der Waals surface area contributed by atoms with Crippen molar-refractivity contribution in [2.45, 2.75) is 44.6 Å². The van der Waals surface area contributed by atoms with Gasteiger partial charge in [0.25, 0.3) is 0 Å². The summed E-state index contributed by atoms with van der Waals surface area (Å²) in [5, 5.41) is 9.50. The first kappa shape index (κ1) is 14.4. The smallest absolute Gasteiger partial charge is 0.0540 e. The summed E-state index contributed by atoms with van der Waals surface area (Å²) in [5.74, 6) is 0.741. The second-order valence-electron chi connectivity index (χ2n) is 5.17. The van der Waals surface area contributed by atoms with Crippen molar-refractivity contribution in [3.63, 3.8) is 0 Å². The van der Waals surface area contributed by atoms with Gasteiger partial charge in [-0.15, -0.1) is 0 Å². The lowest BCUT2D eigenvalue weighted by molar-refractivity contribution is 0.106. The van der Waals surface area contributed by atoms with Gasteiger partial charge in [0.1, 0.15) is 0 Å². The Labute approximate surface area is 125 Å². The predicted octanol–water partition coefficient (Wildman–Crippen LogP) is 4.28. The van der Waals surface area contributed by atoms with E-state index >= 15 is 0 Å². The van der Waals surface area contributed by atoms with E-state index in [1.54, 1.807) is 0 Å². The number of hydrogen-bond donors (Lipinski definition) is 2. The molecule has 1 aliphatic carbocycles. The minimum Gasteiger partial charge on any atom is -0.398 e. The fourth-order valence-corrected chi connectivity index (χ4v) is 3.95. The van der Waals surface area contributed by atoms with Crippen LogP contribution in [0, 0.1) is 5.92 Å². The van der Waals surface area contributed by atoms with Gasteiger partial charge in [0.05, 0.1) is 6.10 Å². The topological polar surface area (TPSA) is 46.2 Å². The van der Waals surface area contributed by atoms with Crippen LogP contribution < -0.4 is 5.73 Å². The monoisotopic (exact) mass is 375 g/mol. The van der Waals surface area contributed by atoms with Crippen LogP contribution in [0.15, 0.2) is 21.1 Å². The van der Waals surface area contributed by atoms with Crippen LogP contribution in [0.5, 0.6) is 0 Å². The van der Waals surface area contributed by atoms with Crippen LogP contribution in [-0.4, -0.2) is 11.2 Å². The number of hydrogen-bond acceptors (Lipinski definition) is 2. The number of benzene rings is 1. The first-order valence-corrected chi connectivity index (χ1v) is 8.06. The molecular weight excluding hydrogens is 358 g/mol. The quantitative estimate of drug-likeness (QED) is 0.773. The second kappa shape index (κ2) is 6.40. The molecule has 0 unspecified atom stereocenters. The maximum atomic E-state index is 9.50. The van der Waals surface area contributed by atoms with Crippen molar-refractivity contribution in [1.82, 2.24) is 0 Å². The minimum atomic E-state index is -0.0636. The highest BCUT2D eigenvalue weighted by molar-refractivity contribution is 9.11. The number of anilines is 1. The number of aliphatic hydroxyl groups is 1. The van der Waals surface area contributed by atoms with Gasteiger partial charge in [0, 0.05) is 14.6 Å². The fraction of sp³-hybridized carbons (Fsp3) is 0.571. The summed E-state index contributed by atoms with van der Waals surface area (Å²) >= 11 is 6.99. The third kappa shape index (κ3) is 3.72. The molecule has 1 aliphatic rings. The Bertz CT molecular complexity index is 415. The average molecular weight is 377 g/mol. The molecule has 1 aromatic carbocycles. The molecule has 2 nitrogen and oxygen atoms in total. The van der Waals surface area contributed by atoms with Crippen LogP contribution in [-0.2, 0) is 6.42 Å². The summed E-state index contributed by atoms with van der Waals surface area (Å²) in [4.78, 5) is 0. The van der Waals surface area contributed by atoms with Crippen LogP contribution in [0.4, 0.5) is 5.69 Å². The Balaban J connectivity index is 1.94. The van der Waals surface area contributed by atoms with E-state index in [-0.39, 0.29) is 6.10 Å². The Hall–Kier alpha value is -0.0600. The highest BCUT2D eigenvalue weighted by Gasteiger charge is 2.19.